The molecule has 26 heavy (non-hydrogen) atoms. The Kier molecular flexibility index (Phi) is 5.12. The molecule has 2 aromatic carbocycles. The van der Waals surface area contributed by atoms with Crippen LogP contribution in [0.2, 0.25) is 0 Å². The smallest absolute Gasteiger partial charge is 0.332 e. The third-order valence-corrected chi connectivity index (χ3v) is 3.82. The lowest BCUT2D eigenvalue weighted by molar-refractivity contribution is -0.140. The second-order valence-electron chi connectivity index (χ2n) is 5.51. The number of imide groups is 1. The van der Waals surface area contributed by atoms with E-state index in [-0.39, 0.29) is 0 Å². The molecule has 0 N–H and O–H groups in total. The minimum Gasteiger partial charge on any atom is -0.494 e. The van der Waals surface area contributed by atoms with Gasteiger partial charge in [0.15, 0.2) is 6.73 Å². The number of rotatable bonds is 6. The lowest BCUT2D eigenvalue weighted by Crippen LogP contribution is -2.32. The Hall–Kier alpha value is -3.41. The lowest BCUT2D eigenvalue weighted by Gasteiger charge is -2.12. The van der Waals surface area contributed by atoms with Crippen molar-refractivity contribution in [2.45, 2.75) is 6.92 Å². The van der Waals surface area contributed by atoms with Gasteiger partial charge in [-0.3, -0.25) is 9.59 Å². The van der Waals surface area contributed by atoms with Gasteiger partial charge in [-0.05, 0) is 42.8 Å². The molecule has 1 aliphatic rings. The van der Waals surface area contributed by atoms with Crippen molar-refractivity contribution in [2.75, 3.05) is 13.3 Å². The molecule has 1 heterocycles. The van der Waals surface area contributed by atoms with E-state index in [1.165, 1.54) is 6.08 Å². The number of hydrogen-bond donors (Lipinski definition) is 0. The van der Waals surface area contributed by atoms with Crippen molar-refractivity contribution < 1.29 is 23.9 Å². The quantitative estimate of drug-likeness (QED) is 0.455. The molecule has 6 nitrogen and oxygen atoms in total. The van der Waals surface area contributed by atoms with Gasteiger partial charge in [0.05, 0.1) is 17.7 Å². The van der Waals surface area contributed by atoms with Crippen LogP contribution in [0.4, 0.5) is 0 Å². The molecule has 0 spiro atoms. The summed E-state index contributed by atoms with van der Waals surface area (Å²) in [4.78, 5) is 37.1. The first-order valence-corrected chi connectivity index (χ1v) is 8.13. The van der Waals surface area contributed by atoms with Crippen molar-refractivity contribution in [2.24, 2.45) is 0 Å². The Morgan fingerprint density at radius 3 is 2.19 bits per heavy atom. The molecular formula is C20H17NO5. The Morgan fingerprint density at radius 1 is 1.00 bits per heavy atom. The number of nitrogens with zero attached hydrogens (tertiary/aromatic N) is 1. The summed E-state index contributed by atoms with van der Waals surface area (Å²) >= 11 is 0. The van der Waals surface area contributed by atoms with E-state index in [1.807, 2.05) is 6.92 Å². The fourth-order valence-corrected chi connectivity index (χ4v) is 2.54. The van der Waals surface area contributed by atoms with Crippen molar-refractivity contribution in [3.63, 3.8) is 0 Å². The van der Waals surface area contributed by atoms with Gasteiger partial charge in [-0.2, -0.15) is 0 Å². The van der Waals surface area contributed by atoms with Gasteiger partial charge in [-0.25, -0.2) is 9.69 Å². The molecule has 0 saturated carbocycles. The Balaban J connectivity index is 1.56. The Bertz CT molecular complexity index is 835. The molecule has 0 saturated heterocycles. The average Bonchev–Trinajstić information content (AvgIpc) is 2.90. The summed E-state index contributed by atoms with van der Waals surface area (Å²) in [6.45, 7) is 2.07. The zero-order valence-corrected chi connectivity index (χ0v) is 14.2. The topological polar surface area (TPSA) is 72.9 Å². The van der Waals surface area contributed by atoms with Gasteiger partial charge in [0.1, 0.15) is 5.75 Å². The number of carbonyl (C=O) groups excluding carboxylic acids is 3. The van der Waals surface area contributed by atoms with E-state index in [0.717, 1.165) is 16.2 Å². The second-order valence-corrected chi connectivity index (χ2v) is 5.51. The van der Waals surface area contributed by atoms with Gasteiger partial charge in [0.2, 0.25) is 0 Å². The van der Waals surface area contributed by atoms with Crippen LogP contribution in [-0.4, -0.2) is 36.0 Å². The van der Waals surface area contributed by atoms with Gasteiger partial charge in [0.25, 0.3) is 11.8 Å². The number of fused-ring (bicyclic) bond motifs is 1. The van der Waals surface area contributed by atoms with Gasteiger partial charge >= 0.3 is 5.97 Å². The summed E-state index contributed by atoms with van der Waals surface area (Å²) in [5, 5.41) is 0. The molecule has 0 bridgehead atoms. The van der Waals surface area contributed by atoms with Crippen LogP contribution < -0.4 is 4.74 Å². The molecule has 1 aliphatic heterocycles. The molecule has 3 rings (SSSR count). The first-order chi connectivity index (χ1) is 12.6. The van der Waals surface area contributed by atoms with E-state index in [9.17, 15) is 14.4 Å². The molecular weight excluding hydrogens is 334 g/mol. The van der Waals surface area contributed by atoms with Crippen molar-refractivity contribution in [1.82, 2.24) is 4.90 Å². The van der Waals surface area contributed by atoms with Crippen LogP contribution in [0.25, 0.3) is 6.08 Å². The molecule has 0 fully saturated rings. The van der Waals surface area contributed by atoms with Gasteiger partial charge in [-0.1, -0.05) is 24.3 Å². The van der Waals surface area contributed by atoms with Crippen LogP contribution in [0.5, 0.6) is 5.75 Å². The average molecular weight is 351 g/mol. The number of ether oxygens (including phenoxy) is 2. The fraction of sp³-hybridized carbons (Fsp3) is 0.150. The summed E-state index contributed by atoms with van der Waals surface area (Å²) < 4.78 is 10.4. The minimum atomic E-state index is -0.643. The molecule has 2 aromatic rings. The summed E-state index contributed by atoms with van der Waals surface area (Å²) in [7, 11) is 0. The standard InChI is InChI=1S/C20H17NO5/c1-2-25-15-10-7-14(8-11-15)9-12-18(22)26-13-21-19(23)16-5-3-4-6-17(16)20(21)24/h3-12H,2,13H2,1H3/b12-9+. The zero-order chi connectivity index (χ0) is 18.5. The SMILES string of the molecule is CCOc1ccc(/C=C/C(=O)OCN2C(=O)c3ccccc3C2=O)cc1. The first-order valence-electron chi connectivity index (χ1n) is 8.13. The number of benzene rings is 2. The van der Waals surface area contributed by atoms with E-state index >= 15 is 0 Å². The van der Waals surface area contributed by atoms with Gasteiger partial charge in [-0.15, -0.1) is 0 Å². The van der Waals surface area contributed by atoms with E-state index in [2.05, 4.69) is 0 Å². The van der Waals surface area contributed by atoms with Crippen molar-refractivity contribution >= 4 is 23.9 Å². The third kappa shape index (κ3) is 3.64. The summed E-state index contributed by atoms with van der Waals surface area (Å²) in [5.41, 5.74) is 1.43. The highest BCUT2D eigenvalue weighted by Gasteiger charge is 2.35. The van der Waals surface area contributed by atoms with E-state index in [1.54, 1.807) is 54.6 Å². The van der Waals surface area contributed by atoms with Gasteiger partial charge < -0.3 is 9.47 Å². The summed E-state index contributed by atoms with van der Waals surface area (Å²) in [5.74, 6) is -0.823. The van der Waals surface area contributed by atoms with E-state index < -0.39 is 24.5 Å². The number of amides is 2. The Labute approximate surface area is 150 Å². The third-order valence-electron chi connectivity index (χ3n) is 3.82. The summed E-state index contributed by atoms with van der Waals surface area (Å²) in [6, 6.07) is 13.7. The lowest BCUT2D eigenvalue weighted by atomic mass is 10.1. The van der Waals surface area contributed by atoms with Crippen molar-refractivity contribution in [1.29, 1.82) is 0 Å². The molecule has 0 aromatic heterocycles. The van der Waals surface area contributed by atoms with Crippen molar-refractivity contribution in [3.8, 4) is 5.75 Å². The molecule has 0 atom stereocenters. The number of hydrogen-bond acceptors (Lipinski definition) is 5. The maximum atomic E-state index is 12.2. The van der Waals surface area contributed by atoms with Crippen molar-refractivity contribution in [3.05, 3.63) is 71.3 Å². The monoisotopic (exact) mass is 351 g/mol. The Morgan fingerprint density at radius 2 is 1.62 bits per heavy atom. The molecule has 0 aliphatic carbocycles. The molecule has 132 valence electrons. The number of esters is 1. The van der Waals surface area contributed by atoms with Crippen LogP contribution in [0, 0.1) is 0 Å². The molecule has 2 amide bonds. The predicted molar refractivity (Wildman–Crippen MR) is 94.5 cm³/mol. The maximum Gasteiger partial charge on any atom is 0.332 e. The van der Waals surface area contributed by atoms with E-state index in [0.29, 0.717) is 17.7 Å². The normalized spacial score (nSPS) is 13.2. The first kappa shape index (κ1) is 17.4. The number of carbonyl (C=O) groups is 3. The second kappa shape index (κ2) is 7.65. The van der Waals surface area contributed by atoms with Gasteiger partial charge in [0, 0.05) is 6.08 Å². The zero-order valence-electron chi connectivity index (χ0n) is 14.2. The van der Waals surface area contributed by atoms with Crippen LogP contribution in [0.15, 0.2) is 54.6 Å². The molecule has 6 heteroatoms. The van der Waals surface area contributed by atoms with Crippen LogP contribution >= 0.6 is 0 Å². The van der Waals surface area contributed by atoms with Crippen LogP contribution in [-0.2, 0) is 9.53 Å². The van der Waals surface area contributed by atoms with E-state index in [4.69, 9.17) is 9.47 Å². The highest BCUT2D eigenvalue weighted by Crippen LogP contribution is 2.22. The summed E-state index contributed by atoms with van der Waals surface area (Å²) in [6.07, 6.45) is 2.83. The molecule has 0 radical (unpaired) electrons. The van der Waals surface area contributed by atoms with Crippen LogP contribution in [0.1, 0.15) is 33.2 Å². The highest BCUT2D eigenvalue weighted by atomic mass is 16.5. The largest absolute Gasteiger partial charge is 0.494 e. The molecule has 0 unspecified atom stereocenters. The fourth-order valence-electron chi connectivity index (χ4n) is 2.54. The maximum absolute atomic E-state index is 12.2. The highest BCUT2D eigenvalue weighted by molar-refractivity contribution is 6.21. The predicted octanol–water partition coefficient (Wildman–Crippen LogP) is 2.90. The minimum absolute atomic E-state index is 0.318. The van der Waals surface area contributed by atoms with Crippen LogP contribution in [0.3, 0.4) is 0 Å².